The average Bonchev–Trinajstić information content (AvgIpc) is 2.64. The first kappa shape index (κ1) is 8.67. The molecule has 0 spiro atoms. The van der Waals surface area contributed by atoms with Crippen LogP contribution in [0.1, 0.15) is 11.7 Å². The summed E-state index contributed by atoms with van der Waals surface area (Å²) in [4.78, 5) is 8.18. The minimum atomic E-state index is 0.582. The molecule has 2 rings (SSSR count). The highest BCUT2D eigenvalue weighted by atomic mass is 127. The maximum Gasteiger partial charge on any atom is 0.246 e. The van der Waals surface area contributed by atoms with Crippen molar-refractivity contribution in [3.63, 3.8) is 0 Å². The number of halogens is 1. The average molecular weight is 290 g/mol. The smallest absolute Gasteiger partial charge is 0.246 e. The van der Waals surface area contributed by atoms with Crippen LogP contribution in [0.4, 0.5) is 0 Å². The summed E-state index contributed by atoms with van der Waals surface area (Å²) in [6.07, 6.45) is 3.62. The molecule has 2 aromatic heterocycles. The lowest BCUT2D eigenvalue weighted by Crippen LogP contribution is -2.00. The van der Waals surface area contributed by atoms with Crippen LogP contribution in [0.3, 0.4) is 0 Å². The number of rotatable bonds is 2. The van der Waals surface area contributed by atoms with Crippen LogP contribution in [0.2, 0.25) is 0 Å². The molecule has 2 heterocycles. The molecule has 5 nitrogen and oxygen atoms in total. The first-order valence-electron chi connectivity index (χ1n) is 3.71. The Morgan fingerprint density at radius 2 is 2.46 bits per heavy atom. The van der Waals surface area contributed by atoms with Gasteiger partial charge in [0.05, 0.1) is 0 Å². The highest BCUT2D eigenvalue weighted by Gasteiger charge is 2.05. The van der Waals surface area contributed by atoms with Crippen molar-refractivity contribution < 1.29 is 4.52 Å². The lowest BCUT2D eigenvalue weighted by Gasteiger charge is -1.97. The van der Waals surface area contributed by atoms with Gasteiger partial charge in [0.15, 0.2) is 9.66 Å². The third-order valence-corrected chi connectivity index (χ3v) is 2.44. The van der Waals surface area contributed by atoms with Crippen LogP contribution in [0, 0.1) is 10.8 Å². The fraction of sp³-hybridized carbons (Fsp3) is 0.286. The van der Waals surface area contributed by atoms with Gasteiger partial charge in [-0.05, 0) is 29.5 Å². The highest BCUT2D eigenvalue weighted by molar-refractivity contribution is 14.1. The van der Waals surface area contributed by atoms with E-state index in [1.54, 1.807) is 13.1 Å². The zero-order chi connectivity index (χ0) is 9.26. The Labute approximate surface area is 88.3 Å². The third kappa shape index (κ3) is 1.87. The molecule has 68 valence electrons. The lowest BCUT2D eigenvalue weighted by atomic mass is 10.6. The van der Waals surface area contributed by atoms with Crippen LogP contribution >= 0.6 is 22.6 Å². The number of aromatic nitrogens is 4. The minimum Gasteiger partial charge on any atom is -0.337 e. The van der Waals surface area contributed by atoms with E-state index >= 15 is 0 Å². The predicted molar refractivity (Wildman–Crippen MR) is 53.1 cm³/mol. The number of hydrogen-bond acceptors (Lipinski definition) is 4. The Balaban J connectivity index is 2.19. The molecule has 13 heavy (non-hydrogen) atoms. The largest absolute Gasteiger partial charge is 0.337 e. The Morgan fingerprint density at radius 3 is 3.00 bits per heavy atom. The maximum absolute atomic E-state index is 4.98. The summed E-state index contributed by atoms with van der Waals surface area (Å²) in [5.41, 5.74) is 0. The van der Waals surface area contributed by atoms with Crippen molar-refractivity contribution in [1.82, 2.24) is 19.7 Å². The molecule has 0 aromatic carbocycles. The van der Waals surface area contributed by atoms with Crippen molar-refractivity contribution in [2.75, 3.05) is 0 Å². The molecule has 2 aromatic rings. The fourth-order valence-corrected chi connectivity index (χ4v) is 1.47. The van der Waals surface area contributed by atoms with Gasteiger partial charge in [-0.1, -0.05) is 5.16 Å². The van der Waals surface area contributed by atoms with Crippen LogP contribution < -0.4 is 0 Å². The molecule has 0 unspecified atom stereocenters. The van der Waals surface area contributed by atoms with Gasteiger partial charge in [0, 0.05) is 12.4 Å². The van der Waals surface area contributed by atoms with Gasteiger partial charge in [-0.15, -0.1) is 0 Å². The van der Waals surface area contributed by atoms with Crippen molar-refractivity contribution in [2.24, 2.45) is 0 Å². The Kier molecular flexibility index (Phi) is 2.30. The van der Waals surface area contributed by atoms with Gasteiger partial charge in [-0.2, -0.15) is 4.98 Å². The van der Waals surface area contributed by atoms with Gasteiger partial charge in [0.1, 0.15) is 6.54 Å². The van der Waals surface area contributed by atoms with Crippen molar-refractivity contribution in [3.8, 4) is 0 Å². The molecule has 0 aliphatic heterocycles. The van der Waals surface area contributed by atoms with E-state index in [-0.39, 0.29) is 0 Å². The summed E-state index contributed by atoms with van der Waals surface area (Å²) < 4.78 is 7.83. The van der Waals surface area contributed by atoms with E-state index in [0.29, 0.717) is 18.3 Å². The molecule has 0 radical (unpaired) electrons. The number of imidazole rings is 1. The summed E-state index contributed by atoms with van der Waals surface area (Å²) in [6, 6.07) is 0. The molecular weight excluding hydrogens is 283 g/mol. The number of aryl methyl sites for hydroxylation is 1. The zero-order valence-electron chi connectivity index (χ0n) is 6.94. The van der Waals surface area contributed by atoms with E-state index in [1.807, 2.05) is 10.8 Å². The van der Waals surface area contributed by atoms with Crippen molar-refractivity contribution in [1.29, 1.82) is 0 Å². The molecule has 0 atom stereocenters. The molecule has 0 bridgehead atoms. The summed E-state index contributed by atoms with van der Waals surface area (Å²) in [7, 11) is 0. The van der Waals surface area contributed by atoms with Crippen molar-refractivity contribution in [2.45, 2.75) is 13.5 Å². The van der Waals surface area contributed by atoms with E-state index in [9.17, 15) is 0 Å². The van der Waals surface area contributed by atoms with E-state index in [1.165, 1.54) is 0 Å². The molecule has 0 saturated carbocycles. The van der Waals surface area contributed by atoms with E-state index in [4.69, 9.17) is 4.52 Å². The van der Waals surface area contributed by atoms with Crippen LogP contribution in [0.25, 0.3) is 0 Å². The standard InChI is InChI=1S/C7H7IN4O/c1-5-10-6(13-11-5)4-12-3-2-9-7(12)8/h2-3H,4H2,1H3. The van der Waals surface area contributed by atoms with Gasteiger partial charge in [-0.25, -0.2) is 4.98 Å². The lowest BCUT2D eigenvalue weighted by molar-refractivity contribution is 0.366. The predicted octanol–water partition coefficient (Wildman–Crippen LogP) is 1.23. The molecule has 0 fully saturated rings. The first-order chi connectivity index (χ1) is 6.25. The van der Waals surface area contributed by atoms with E-state index < -0.39 is 0 Å². The number of hydrogen-bond donors (Lipinski definition) is 0. The van der Waals surface area contributed by atoms with Gasteiger partial charge in [0.25, 0.3) is 0 Å². The summed E-state index contributed by atoms with van der Waals surface area (Å²) in [5.74, 6) is 1.26. The van der Waals surface area contributed by atoms with Crippen molar-refractivity contribution >= 4 is 22.6 Å². The van der Waals surface area contributed by atoms with Gasteiger partial charge < -0.3 is 9.09 Å². The maximum atomic E-state index is 4.98. The van der Waals surface area contributed by atoms with Gasteiger partial charge in [-0.3, -0.25) is 0 Å². The third-order valence-electron chi connectivity index (χ3n) is 1.54. The molecule has 0 saturated heterocycles. The van der Waals surface area contributed by atoms with Gasteiger partial charge in [0.2, 0.25) is 5.89 Å². The monoisotopic (exact) mass is 290 g/mol. The molecule has 6 heteroatoms. The second kappa shape index (κ2) is 3.44. The topological polar surface area (TPSA) is 56.7 Å². The quantitative estimate of drug-likeness (QED) is 0.781. The Hall–Kier alpha value is -0.920. The normalized spacial score (nSPS) is 10.6. The molecule has 0 N–H and O–H groups in total. The van der Waals surface area contributed by atoms with Crippen LogP contribution in [-0.4, -0.2) is 19.7 Å². The Bertz CT molecular complexity index is 408. The molecular formula is C7H7IN4O. The second-order valence-corrected chi connectivity index (χ2v) is 3.52. The second-order valence-electron chi connectivity index (χ2n) is 2.56. The van der Waals surface area contributed by atoms with Crippen LogP contribution in [0.15, 0.2) is 16.9 Å². The summed E-state index contributed by atoms with van der Waals surface area (Å²) >= 11 is 2.15. The van der Waals surface area contributed by atoms with Crippen molar-refractivity contribution in [3.05, 3.63) is 27.9 Å². The minimum absolute atomic E-state index is 0.582. The highest BCUT2D eigenvalue weighted by Crippen LogP contribution is 2.05. The first-order valence-corrected chi connectivity index (χ1v) is 4.79. The summed E-state index contributed by atoms with van der Waals surface area (Å²) in [6.45, 7) is 2.38. The van der Waals surface area contributed by atoms with Gasteiger partial charge >= 0.3 is 0 Å². The van der Waals surface area contributed by atoms with E-state index in [0.717, 1.165) is 3.83 Å². The Morgan fingerprint density at radius 1 is 1.62 bits per heavy atom. The number of nitrogens with zero attached hydrogens (tertiary/aromatic N) is 4. The fourth-order valence-electron chi connectivity index (χ4n) is 0.979. The SMILES string of the molecule is Cc1noc(Cn2ccnc2I)n1. The zero-order valence-corrected chi connectivity index (χ0v) is 9.09. The molecule has 0 aliphatic rings. The molecule has 0 amide bonds. The summed E-state index contributed by atoms with van der Waals surface area (Å²) in [5, 5.41) is 3.70. The van der Waals surface area contributed by atoms with Crippen LogP contribution in [0.5, 0.6) is 0 Å². The molecule has 0 aliphatic carbocycles. The van der Waals surface area contributed by atoms with Crippen LogP contribution in [-0.2, 0) is 6.54 Å². The van der Waals surface area contributed by atoms with E-state index in [2.05, 4.69) is 37.7 Å².